The summed E-state index contributed by atoms with van der Waals surface area (Å²) in [6, 6.07) is 6.56. The van der Waals surface area contributed by atoms with Gasteiger partial charge in [0, 0.05) is 6.54 Å². The van der Waals surface area contributed by atoms with Crippen LogP contribution in [0.2, 0.25) is 0 Å². The fraction of sp³-hybridized carbons (Fsp3) is 0.625. The molecule has 1 aromatic rings. The van der Waals surface area contributed by atoms with E-state index in [1.54, 1.807) is 0 Å². The standard InChI is InChI=1S/C16H24N2O/c1-12-5-6-15-16(8-12)19-13(2)10-18(15)11-14-4-3-7-17-9-14/h5-6,8,13-14,17H,3-4,7,9-11H2,1-2H3. The van der Waals surface area contributed by atoms with Crippen LogP contribution in [0, 0.1) is 12.8 Å². The summed E-state index contributed by atoms with van der Waals surface area (Å²) in [6.07, 6.45) is 2.94. The van der Waals surface area contributed by atoms with Crippen LogP contribution in [0.3, 0.4) is 0 Å². The van der Waals surface area contributed by atoms with E-state index in [1.807, 2.05) is 0 Å². The molecule has 3 nitrogen and oxygen atoms in total. The summed E-state index contributed by atoms with van der Waals surface area (Å²) >= 11 is 0. The Morgan fingerprint density at radius 3 is 3.11 bits per heavy atom. The molecule has 2 aliphatic heterocycles. The number of piperidine rings is 1. The highest BCUT2D eigenvalue weighted by Crippen LogP contribution is 2.35. The molecule has 0 saturated carbocycles. The number of hydrogen-bond acceptors (Lipinski definition) is 3. The number of benzene rings is 1. The first-order chi connectivity index (χ1) is 9.22. The highest BCUT2D eigenvalue weighted by atomic mass is 16.5. The molecule has 0 aliphatic carbocycles. The molecule has 0 spiro atoms. The Morgan fingerprint density at radius 2 is 2.32 bits per heavy atom. The predicted octanol–water partition coefficient (Wildman–Crippen LogP) is 2.58. The molecule has 2 heterocycles. The molecule has 0 amide bonds. The van der Waals surface area contributed by atoms with Crippen molar-refractivity contribution < 1.29 is 4.74 Å². The van der Waals surface area contributed by atoms with Gasteiger partial charge in [-0.2, -0.15) is 0 Å². The number of aryl methyl sites for hydroxylation is 1. The lowest BCUT2D eigenvalue weighted by Crippen LogP contribution is -2.44. The molecule has 2 unspecified atom stereocenters. The summed E-state index contributed by atoms with van der Waals surface area (Å²) in [4.78, 5) is 2.51. The molecule has 1 N–H and O–H groups in total. The first-order valence-corrected chi connectivity index (χ1v) is 7.45. The highest BCUT2D eigenvalue weighted by Gasteiger charge is 2.25. The van der Waals surface area contributed by atoms with Crippen LogP contribution in [0.1, 0.15) is 25.3 Å². The molecule has 0 bridgehead atoms. The topological polar surface area (TPSA) is 24.5 Å². The van der Waals surface area contributed by atoms with Crippen LogP contribution < -0.4 is 15.0 Å². The minimum absolute atomic E-state index is 0.283. The average molecular weight is 260 g/mol. The van der Waals surface area contributed by atoms with Crippen molar-refractivity contribution in [1.82, 2.24) is 5.32 Å². The first kappa shape index (κ1) is 12.8. The Labute approximate surface area is 115 Å². The molecular weight excluding hydrogens is 236 g/mol. The molecule has 0 aromatic heterocycles. The number of nitrogens with zero attached hydrogens (tertiary/aromatic N) is 1. The van der Waals surface area contributed by atoms with Crippen LogP contribution in [-0.4, -0.2) is 32.3 Å². The molecule has 19 heavy (non-hydrogen) atoms. The number of nitrogens with one attached hydrogen (secondary N) is 1. The third kappa shape index (κ3) is 2.86. The van der Waals surface area contributed by atoms with Gasteiger partial charge in [0.25, 0.3) is 0 Å². The van der Waals surface area contributed by atoms with Crippen LogP contribution in [0.25, 0.3) is 0 Å². The van der Waals surface area contributed by atoms with E-state index in [9.17, 15) is 0 Å². The minimum Gasteiger partial charge on any atom is -0.487 e. The Morgan fingerprint density at radius 1 is 1.42 bits per heavy atom. The number of fused-ring (bicyclic) bond motifs is 1. The third-order valence-corrected chi connectivity index (χ3v) is 4.14. The summed E-state index contributed by atoms with van der Waals surface area (Å²) in [5.41, 5.74) is 2.54. The van der Waals surface area contributed by atoms with Crippen LogP contribution in [0.15, 0.2) is 18.2 Å². The molecule has 3 heteroatoms. The van der Waals surface area contributed by atoms with Crippen molar-refractivity contribution >= 4 is 5.69 Å². The van der Waals surface area contributed by atoms with E-state index in [1.165, 1.54) is 30.6 Å². The maximum Gasteiger partial charge on any atom is 0.143 e. The summed E-state index contributed by atoms with van der Waals surface area (Å²) in [5, 5.41) is 3.51. The number of ether oxygens (including phenoxy) is 1. The van der Waals surface area contributed by atoms with Gasteiger partial charge in [-0.05, 0) is 63.4 Å². The van der Waals surface area contributed by atoms with Crippen molar-refractivity contribution in [3.05, 3.63) is 23.8 Å². The average Bonchev–Trinajstić information content (AvgIpc) is 2.39. The normalized spacial score (nSPS) is 26.7. The largest absolute Gasteiger partial charge is 0.487 e. The molecule has 1 aromatic carbocycles. The monoisotopic (exact) mass is 260 g/mol. The first-order valence-electron chi connectivity index (χ1n) is 7.45. The van der Waals surface area contributed by atoms with Crippen molar-refractivity contribution in [3.63, 3.8) is 0 Å². The Balaban J connectivity index is 1.78. The van der Waals surface area contributed by atoms with Gasteiger partial charge < -0.3 is 15.0 Å². The van der Waals surface area contributed by atoms with Crippen molar-refractivity contribution in [3.8, 4) is 5.75 Å². The van der Waals surface area contributed by atoms with Gasteiger partial charge in [0.15, 0.2) is 0 Å². The van der Waals surface area contributed by atoms with E-state index >= 15 is 0 Å². The summed E-state index contributed by atoms with van der Waals surface area (Å²) in [7, 11) is 0. The molecule has 104 valence electrons. The minimum atomic E-state index is 0.283. The fourth-order valence-corrected chi connectivity index (χ4v) is 3.20. The Hall–Kier alpha value is -1.22. The number of rotatable bonds is 2. The van der Waals surface area contributed by atoms with Gasteiger partial charge in [-0.25, -0.2) is 0 Å². The second-order valence-electron chi connectivity index (χ2n) is 6.02. The van der Waals surface area contributed by atoms with E-state index in [0.29, 0.717) is 0 Å². The smallest absolute Gasteiger partial charge is 0.143 e. The van der Waals surface area contributed by atoms with E-state index in [-0.39, 0.29) is 6.10 Å². The van der Waals surface area contributed by atoms with Gasteiger partial charge in [0.2, 0.25) is 0 Å². The molecule has 1 fully saturated rings. The van der Waals surface area contributed by atoms with Gasteiger partial charge in [-0.1, -0.05) is 6.07 Å². The van der Waals surface area contributed by atoms with E-state index in [4.69, 9.17) is 4.74 Å². The molecule has 3 rings (SSSR count). The molecule has 2 aliphatic rings. The van der Waals surface area contributed by atoms with Crippen molar-refractivity contribution in [2.45, 2.75) is 32.8 Å². The zero-order valence-corrected chi connectivity index (χ0v) is 12.0. The summed E-state index contributed by atoms with van der Waals surface area (Å²) < 4.78 is 5.97. The van der Waals surface area contributed by atoms with Gasteiger partial charge in [-0.15, -0.1) is 0 Å². The summed E-state index contributed by atoms with van der Waals surface area (Å²) in [6.45, 7) is 8.79. The van der Waals surface area contributed by atoms with Crippen LogP contribution >= 0.6 is 0 Å². The fourth-order valence-electron chi connectivity index (χ4n) is 3.20. The SMILES string of the molecule is Cc1ccc2c(c1)OC(C)CN2CC1CCCNC1. The van der Waals surface area contributed by atoms with Crippen molar-refractivity contribution in [1.29, 1.82) is 0 Å². The lowest BCUT2D eigenvalue weighted by atomic mass is 9.98. The summed E-state index contributed by atoms with van der Waals surface area (Å²) in [5.74, 6) is 1.83. The van der Waals surface area contributed by atoms with Gasteiger partial charge in [-0.3, -0.25) is 0 Å². The van der Waals surface area contributed by atoms with Gasteiger partial charge >= 0.3 is 0 Å². The van der Waals surface area contributed by atoms with E-state index in [0.717, 1.165) is 31.3 Å². The number of anilines is 1. The van der Waals surface area contributed by atoms with Crippen molar-refractivity contribution in [2.75, 3.05) is 31.1 Å². The van der Waals surface area contributed by atoms with Crippen molar-refractivity contribution in [2.24, 2.45) is 5.92 Å². The van der Waals surface area contributed by atoms with Crippen LogP contribution in [0.4, 0.5) is 5.69 Å². The zero-order chi connectivity index (χ0) is 13.2. The Kier molecular flexibility index (Phi) is 3.65. The van der Waals surface area contributed by atoms with Crippen LogP contribution in [0.5, 0.6) is 5.75 Å². The third-order valence-electron chi connectivity index (χ3n) is 4.14. The number of hydrogen-bond donors (Lipinski definition) is 1. The van der Waals surface area contributed by atoms with Crippen LogP contribution in [-0.2, 0) is 0 Å². The van der Waals surface area contributed by atoms with Gasteiger partial charge in [0.05, 0.1) is 12.2 Å². The van der Waals surface area contributed by atoms with Gasteiger partial charge in [0.1, 0.15) is 11.9 Å². The second kappa shape index (κ2) is 5.41. The lowest BCUT2D eigenvalue weighted by molar-refractivity contribution is 0.208. The highest BCUT2D eigenvalue weighted by molar-refractivity contribution is 5.61. The molecular formula is C16H24N2O. The maximum absolute atomic E-state index is 5.97. The van der Waals surface area contributed by atoms with E-state index in [2.05, 4.69) is 42.3 Å². The second-order valence-corrected chi connectivity index (χ2v) is 6.02. The Bertz CT molecular complexity index is 440. The maximum atomic E-state index is 5.97. The molecule has 2 atom stereocenters. The van der Waals surface area contributed by atoms with E-state index < -0.39 is 0 Å². The quantitative estimate of drug-likeness (QED) is 0.884. The predicted molar refractivity (Wildman–Crippen MR) is 79.1 cm³/mol. The molecule has 1 saturated heterocycles. The molecule has 0 radical (unpaired) electrons. The zero-order valence-electron chi connectivity index (χ0n) is 12.0. The lowest BCUT2D eigenvalue weighted by Gasteiger charge is -2.38.